The maximum Gasteiger partial charge on any atom is 0.276 e. The SMILES string of the molecule is Cc1ccc(OCC(=O)NNC(=O)C2(c3ccc(F)cc3)CCCC2)cc1. The first-order valence-corrected chi connectivity index (χ1v) is 9.04. The van der Waals surface area contributed by atoms with Gasteiger partial charge in [-0.1, -0.05) is 42.7 Å². The number of hydrogen-bond acceptors (Lipinski definition) is 3. The molecule has 1 aliphatic carbocycles. The van der Waals surface area contributed by atoms with Crippen LogP contribution in [0.1, 0.15) is 36.8 Å². The average molecular weight is 370 g/mol. The number of rotatable bonds is 5. The van der Waals surface area contributed by atoms with Crippen molar-refractivity contribution in [3.05, 3.63) is 65.5 Å². The van der Waals surface area contributed by atoms with E-state index in [1.807, 2.05) is 19.1 Å². The third kappa shape index (κ3) is 4.45. The van der Waals surface area contributed by atoms with Crippen LogP contribution >= 0.6 is 0 Å². The van der Waals surface area contributed by atoms with Crippen LogP contribution in [0.25, 0.3) is 0 Å². The van der Waals surface area contributed by atoms with Gasteiger partial charge in [-0.25, -0.2) is 4.39 Å². The van der Waals surface area contributed by atoms with E-state index >= 15 is 0 Å². The van der Waals surface area contributed by atoms with Gasteiger partial charge in [-0.15, -0.1) is 0 Å². The van der Waals surface area contributed by atoms with Crippen LogP contribution in [0.3, 0.4) is 0 Å². The number of amides is 2. The Labute approximate surface area is 157 Å². The van der Waals surface area contributed by atoms with Crippen molar-refractivity contribution >= 4 is 11.8 Å². The number of carbonyl (C=O) groups excluding carboxylic acids is 2. The van der Waals surface area contributed by atoms with Crippen molar-refractivity contribution in [1.29, 1.82) is 0 Å². The number of hydrazine groups is 1. The van der Waals surface area contributed by atoms with Crippen molar-refractivity contribution in [1.82, 2.24) is 10.9 Å². The molecule has 2 aromatic carbocycles. The lowest BCUT2D eigenvalue weighted by atomic mass is 9.78. The summed E-state index contributed by atoms with van der Waals surface area (Å²) in [5.74, 6) is -0.485. The summed E-state index contributed by atoms with van der Waals surface area (Å²) in [6, 6.07) is 13.3. The zero-order valence-corrected chi connectivity index (χ0v) is 15.3. The lowest BCUT2D eigenvalue weighted by Gasteiger charge is -2.28. The number of benzene rings is 2. The molecule has 0 bridgehead atoms. The van der Waals surface area contributed by atoms with Gasteiger partial charge >= 0.3 is 0 Å². The van der Waals surface area contributed by atoms with E-state index in [4.69, 9.17) is 4.74 Å². The molecule has 27 heavy (non-hydrogen) atoms. The van der Waals surface area contributed by atoms with Gasteiger partial charge in [0.1, 0.15) is 11.6 Å². The van der Waals surface area contributed by atoms with E-state index in [1.54, 1.807) is 24.3 Å². The van der Waals surface area contributed by atoms with Crippen LogP contribution in [0, 0.1) is 12.7 Å². The quantitative estimate of drug-likeness (QED) is 0.795. The average Bonchev–Trinajstić information content (AvgIpc) is 3.17. The highest BCUT2D eigenvalue weighted by Crippen LogP contribution is 2.41. The van der Waals surface area contributed by atoms with Crippen molar-refractivity contribution in [2.45, 2.75) is 38.0 Å². The summed E-state index contributed by atoms with van der Waals surface area (Å²) in [6.07, 6.45) is 3.16. The van der Waals surface area contributed by atoms with Gasteiger partial charge in [0, 0.05) is 0 Å². The summed E-state index contributed by atoms with van der Waals surface area (Å²) in [4.78, 5) is 24.8. The monoisotopic (exact) mass is 370 g/mol. The zero-order valence-electron chi connectivity index (χ0n) is 15.3. The topological polar surface area (TPSA) is 67.4 Å². The molecule has 6 heteroatoms. The minimum atomic E-state index is -0.737. The lowest BCUT2D eigenvalue weighted by molar-refractivity contribution is -0.133. The molecular weight excluding hydrogens is 347 g/mol. The highest BCUT2D eigenvalue weighted by Gasteiger charge is 2.42. The van der Waals surface area contributed by atoms with Crippen LogP contribution in [0.2, 0.25) is 0 Å². The van der Waals surface area contributed by atoms with Gasteiger partial charge in [0.2, 0.25) is 5.91 Å². The molecule has 0 radical (unpaired) electrons. The number of hydrogen-bond donors (Lipinski definition) is 2. The summed E-state index contributed by atoms with van der Waals surface area (Å²) in [5.41, 5.74) is 6.05. The molecule has 2 N–H and O–H groups in total. The van der Waals surface area contributed by atoms with Gasteiger partial charge in [-0.3, -0.25) is 20.4 Å². The normalized spacial score (nSPS) is 15.2. The van der Waals surface area contributed by atoms with Gasteiger partial charge in [0.15, 0.2) is 6.61 Å². The lowest BCUT2D eigenvalue weighted by Crippen LogP contribution is -2.51. The van der Waals surface area contributed by atoms with E-state index in [0.717, 1.165) is 24.0 Å². The number of carbonyl (C=O) groups is 2. The standard InChI is InChI=1S/C21H23FN2O3/c1-15-4-10-18(11-5-15)27-14-19(25)23-24-20(26)21(12-2-3-13-21)16-6-8-17(22)9-7-16/h4-11H,2-3,12-14H2,1H3,(H,23,25)(H,24,26). The Morgan fingerprint density at radius 1 is 1.00 bits per heavy atom. The molecule has 2 aromatic rings. The molecule has 0 unspecified atom stereocenters. The molecule has 0 aliphatic heterocycles. The number of ether oxygens (including phenoxy) is 1. The van der Waals surface area contributed by atoms with Gasteiger partial charge in [0.25, 0.3) is 5.91 Å². The van der Waals surface area contributed by atoms with Crippen molar-refractivity contribution < 1.29 is 18.7 Å². The molecule has 0 atom stereocenters. The molecular formula is C21H23FN2O3. The van der Waals surface area contributed by atoms with Crippen LogP contribution < -0.4 is 15.6 Å². The summed E-state index contributed by atoms with van der Waals surface area (Å²) in [5, 5.41) is 0. The molecule has 0 heterocycles. The molecule has 3 rings (SSSR count). The van der Waals surface area contributed by atoms with Gasteiger partial charge in [-0.05, 0) is 49.6 Å². The molecule has 142 valence electrons. The van der Waals surface area contributed by atoms with Crippen LogP contribution in [-0.2, 0) is 15.0 Å². The second-order valence-electron chi connectivity index (χ2n) is 6.90. The summed E-state index contributed by atoms with van der Waals surface area (Å²) in [7, 11) is 0. The molecule has 2 amide bonds. The Morgan fingerprint density at radius 3 is 2.26 bits per heavy atom. The second kappa shape index (κ2) is 8.20. The smallest absolute Gasteiger partial charge is 0.276 e. The molecule has 1 fully saturated rings. The third-order valence-electron chi connectivity index (χ3n) is 4.99. The van der Waals surface area contributed by atoms with Gasteiger partial charge in [0.05, 0.1) is 5.41 Å². The Morgan fingerprint density at radius 2 is 1.63 bits per heavy atom. The summed E-state index contributed by atoms with van der Waals surface area (Å²) >= 11 is 0. The highest BCUT2D eigenvalue weighted by atomic mass is 19.1. The summed E-state index contributed by atoms with van der Waals surface area (Å²) in [6.45, 7) is 1.76. The largest absolute Gasteiger partial charge is 0.484 e. The van der Waals surface area contributed by atoms with Crippen molar-refractivity contribution in [2.24, 2.45) is 0 Å². The fourth-order valence-electron chi connectivity index (χ4n) is 3.46. The van der Waals surface area contributed by atoms with Crippen molar-refractivity contribution in [2.75, 3.05) is 6.61 Å². The first kappa shape index (κ1) is 18.9. The highest BCUT2D eigenvalue weighted by molar-refractivity contribution is 5.90. The van der Waals surface area contributed by atoms with Crippen molar-refractivity contribution in [3.63, 3.8) is 0 Å². The second-order valence-corrected chi connectivity index (χ2v) is 6.90. The van der Waals surface area contributed by atoms with E-state index in [2.05, 4.69) is 10.9 Å². The van der Waals surface area contributed by atoms with Gasteiger partial charge in [-0.2, -0.15) is 0 Å². The fourth-order valence-corrected chi connectivity index (χ4v) is 3.46. The van der Waals surface area contributed by atoms with Crippen LogP contribution in [0.15, 0.2) is 48.5 Å². The Kier molecular flexibility index (Phi) is 5.74. The Hall–Kier alpha value is -2.89. The van der Waals surface area contributed by atoms with E-state index < -0.39 is 11.3 Å². The Bertz CT molecular complexity index is 797. The van der Waals surface area contributed by atoms with Crippen LogP contribution in [-0.4, -0.2) is 18.4 Å². The molecule has 0 spiro atoms. The molecule has 1 aliphatic rings. The zero-order chi connectivity index (χ0) is 19.3. The number of halogens is 1. The first-order chi connectivity index (χ1) is 13.0. The minimum Gasteiger partial charge on any atom is -0.484 e. The maximum absolute atomic E-state index is 13.2. The molecule has 1 saturated carbocycles. The van der Waals surface area contributed by atoms with E-state index in [1.165, 1.54) is 12.1 Å². The predicted octanol–water partition coefficient (Wildman–Crippen LogP) is 3.17. The van der Waals surface area contributed by atoms with Crippen molar-refractivity contribution in [3.8, 4) is 5.75 Å². The number of aryl methyl sites for hydroxylation is 1. The maximum atomic E-state index is 13.2. The predicted molar refractivity (Wildman–Crippen MR) is 99.5 cm³/mol. The van der Waals surface area contributed by atoms with Gasteiger partial charge < -0.3 is 4.74 Å². The minimum absolute atomic E-state index is 0.201. The number of nitrogens with one attached hydrogen (secondary N) is 2. The van der Waals surface area contributed by atoms with Crippen LogP contribution in [0.4, 0.5) is 4.39 Å². The fraction of sp³-hybridized carbons (Fsp3) is 0.333. The summed E-state index contributed by atoms with van der Waals surface area (Å²) < 4.78 is 18.6. The molecule has 5 nitrogen and oxygen atoms in total. The van der Waals surface area contributed by atoms with E-state index in [9.17, 15) is 14.0 Å². The van der Waals surface area contributed by atoms with E-state index in [0.29, 0.717) is 18.6 Å². The Balaban J connectivity index is 1.57. The first-order valence-electron chi connectivity index (χ1n) is 9.04. The van der Waals surface area contributed by atoms with Crippen LogP contribution in [0.5, 0.6) is 5.75 Å². The van der Waals surface area contributed by atoms with E-state index in [-0.39, 0.29) is 18.3 Å². The molecule has 0 aromatic heterocycles. The third-order valence-corrected chi connectivity index (χ3v) is 4.99. The molecule has 0 saturated heterocycles.